The molecule has 0 aliphatic carbocycles. The maximum atomic E-state index is 13.5. The second-order valence-electron chi connectivity index (χ2n) is 11.4. The number of hydrogen-bond acceptors (Lipinski definition) is 4. The number of aryl methyl sites for hydroxylation is 1. The molecule has 186 valence electrons. The molecule has 0 saturated carbocycles. The van der Waals surface area contributed by atoms with E-state index in [1.165, 1.54) is 0 Å². The van der Waals surface area contributed by atoms with E-state index in [0.717, 1.165) is 27.8 Å². The minimum Gasteiger partial charge on any atom is -0.507 e. The number of Topliss-reactive ketones (excluding diaryl/α,β-unsaturated/α-hetero) is 1. The van der Waals surface area contributed by atoms with Gasteiger partial charge in [0.25, 0.3) is 0 Å². The maximum absolute atomic E-state index is 13.5. The Labute approximate surface area is 209 Å². The summed E-state index contributed by atoms with van der Waals surface area (Å²) in [5, 5.41) is 22.8. The van der Waals surface area contributed by atoms with Crippen molar-refractivity contribution in [2.24, 2.45) is 0 Å². The van der Waals surface area contributed by atoms with Crippen molar-refractivity contribution in [1.29, 1.82) is 0 Å². The molecule has 2 atom stereocenters. The second kappa shape index (κ2) is 9.87. The Morgan fingerprint density at radius 3 is 1.83 bits per heavy atom. The number of methoxy groups -OCH3 is 1. The topological polar surface area (TPSA) is 66.8 Å². The van der Waals surface area contributed by atoms with Crippen LogP contribution in [0.2, 0.25) is 0 Å². The third-order valence-electron chi connectivity index (χ3n) is 6.47. The fourth-order valence-electron chi connectivity index (χ4n) is 4.48. The van der Waals surface area contributed by atoms with Crippen molar-refractivity contribution in [2.75, 3.05) is 7.11 Å². The van der Waals surface area contributed by atoms with Crippen molar-refractivity contribution in [3.8, 4) is 11.5 Å². The third-order valence-corrected chi connectivity index (χ3v) is 6.47. The highest BCUT2D eigenvalue weighted by molar-refractivity contribution is 6.00. The Kier molecular flexibility index (Phi) is 7.47. The lowest BCUT2D eigenvalue weighted by Gasteiger charge is -2.31. The first kappa shape index (κ1) is 26.5. The standard InChI is InChI=1S/C31H38O4/c1-19-10-9-11-21(16-19)26(29(34)27(32)20-12-14-23(35-8)15-13-20)22-17-24(30(2,3)4)28(33)25(18-22)31(5,6)7/h9-18,26,29,33-34H,1-8H3/t26-,29+/m0/s1. The van der Waals surface area contributed by atoms with Crippen LogP contribution in [0.15, 0.2) is 60.7 Å². The number of carbonyl (C=O) groups excluding carboxylic acids is 1. The van der Waals surface area contributed by atoms with Gasteiger partial charge >= 0.3 is 0 Å². The Morgan fingerprint density at radius 2 is 1.37 bits per heavy atom. The van der Waals surface area contributed by atoms with Crippen LogP contribution in [0.3, 0.4) is 0 Å². The molecule has 0 spiro atoms. The minimum absolute atomic E-state index is 0.271. The second-order valence-corrected chi connectivity index (χ2v) is 11.4. The Morgan fingerprint density at radius 1 is 0.829 bits per heavy atom. The normalized spacial score (nSPS) is 13.9. The van der Waals surface area contributed by atoms with Gasteiger partial charge in [-0.15, -0.1) is 0 Å². The van der Waals surface area contributed by atoms with Gasteiger partial charge in [-0.05, 0) is 64.3 Å². The lowest BCUT2D eigenvalue weighted by atomic mass is 9.74. The Bertz CT molecular complexity index is 1160. The van der Waals surface area contributed by atoms with E-state index in [0.29, 0.717) is 11.3 Å². The van der Waals surface area contributed by atoms with Gasteiger partial charge in [0.2, 0.25) is 0 Å². The molecule has 0 heterocycles. The molecule has 0 aliphatic rings. The number of ether oxygens (including phenoxy) is 1. The van der Waals surface area contributed by atoms with Crippen LogP contribution in [0.4, 0.5) is 0 Å². The highest BCUT2D eigenvalue weighted by Gasteiger charge is 2.34. The summed E-state index contributed by atoms with van der Waals surface area (Å²) in [7, 11) is 1.57. The van der Waals surface area contributed by atoms with Crippen LogP contribution in [0.5, 0.6) is 11.5 Å². The number of ketones is 1. The highest BCUT2D eigenvalue weighted by Crippen LogP contribution is 2.43. The molecule has 3 rings (SSSR count). The maximum Gasteiger partial charge on any atom is 0.192 e. The summed E-state index contributed by atoms with van der Waals surface area (Å²) in [6.07, 6.45) is -1.31. The number of phenolic OH excluding ortho intramolecular Hbond substituents is 1. The lowest BCUT2D eigenvalue weighted by molar-refractivity contribution is 0.0715. The predicted molar refractivity (Wildman–Crippen MR) is 142 cm³/mol. The van der Waals surface area contributed by atoms with Crippen molar-refractivity contribution >= 4 is 5.78 Å². The van der Waals surface area contributed by atoms with Gasteiger partial charge < -0.3 is 14.9 Å². The molecular formula is C31H38O4. The van der Waals surface area contributed by atoms with E-state index in [2.05, 4.69) is 41.5 Å². The quantitative estimate of drug-likeness (QED) is 0.391. The summed E-state index contributed by atoms with van der Waals surface area (Å²) in [6.45, 7) is 14.3. The summed E-state index contributed by atoms with van der Waals surface area (Å²) in [5.41, 5.74) is 4.04. The molecule has 0 bridgehead atoms. The molecule has 3 aromatic carbocycles. The van der Waals surface area contributed by atoms with Gasteiger partial charge in [0.1, 0.15) is 17.6 Å². The number of carbonyl (C=O) groups is 1. The molecule has 2 N–H and O–H groups in total. The zero-order chi connectivity index (χ0) is 26.1. The molecule has 0 amide bonds. The highest BCUT2D eigenvalue weighted by atomic mass is 16.5. The molecule has 0 aromatic heterocycles. The zero-order valence-electron chi connectivity index (χ0n) is 22.1. The summed E-state index contributed by atoms with van der Waals surface area (Å²) < 4.78 is 5.21. The van der Waals surface area contributed by atoms with Gasteiger partial charge in [-0.1, -0.05) is 83.5 Å². The largest absolute Gasteiger partial charge is 0.507 e. The van der Waals surface area contributed by atoms with Crippen LogP contribution in [0.1, 0.15) is 85.6 Å². The first-order chi connectivity index (χ1) is 16.2. The molecule has 0 unspecified atom stereocenters. The van der Waals surface area contributed by atoms with E-state index in [1.54, 1.807) is 31.4 Å². The Hall–Kier alpha value is -3.11. The predicted octanol–water partition coefficient (Wildman–Crippen LogP) is 6.68. The number of aliphatic hydroxyl groups is 1. The van der Waals surface area contributed by atoms with E-state index in [1.807, 2.05) is 43.3 Å². The fourth-order valence-corrected chi connectivity index (χ4v) is 4.48. The van der Waals surface area contributed by atoms with Gasteiger partial charge in [-0.25, -0.2) is 0 Å². The molecule has 0 aliphatic heterocycles. The van der Waals surface area contributed by atoms with E-state index in [4.69, 9.17) is 4.74 Å². The molecular weight excluding hydrogens is 436 g/mol. The van der Waals surface area contributed by atoms with E-state index < -0.39 is 12.0 Å². The van der Waals surface area contributed by atoms with Gasteiger partial charge in [0, 0.05) is 11.5 Å². The molecule has 0 saturated heterocycles. The van der Waals surface area contributed by atoms with Crippen LogP contribution >= 0.6 is 0 Å². The smallest absolute Gasteiger partial charge is 0.192 e. The number of aromatic hydroxyl groups is 1. The monoisotopic (exact) mass is 474 g/mol. The fraction of sp³-hybridized carbons (Fsp3) is 0.387. The van der Waals surface area contributed by atoms with Gasteiger partial charge in [-0.2, -0.15) is 0 Å². The lowest BCUT2D eigenvalue weighted by Crippen LogP contribution is -2.30. The number of phenols is 1. The summed E-state index contributed by atoms with van der Waals surface area (Å²) in [6, 6.07) is 18.6. The van der Waals surface area contributed by atoms with Crippen LogP contribution < -0.4 is 4.74 Å². The van der Waals surface area contributed by atoms with Gasteiger partial charge in [-0.3, -0.25) is 4.79 Å². The van der Waals surface area contributed by atoms with Crippen LogP contribution in [-0.2, 0) is 10.8 Å². The molecule has 3 aromatic rings. The summed E-state index contributed by atoms with van der Waals surface area (Å²) in [4.78, 5) is 13.5. The zero-order valence-corrected chi connectivity index (χ0v) is 22.1. The van der Waals surface area contributed by atoms with E-state index in [9.17, 15) is 15.0 Å². The van der Waals surface area contributed by atoms with Crippen molar-refractivity contribution in [1.82, 2.24) is 0 Å². The molecule has 4 nitrogen and oxygen atoms in total. The number of hydrogen-bond donors (Lipinski definition) is 2. The van der Waals surface area contributed by atoms with Crippen molar-refractivity contribution in [3.05, 3.63) is 94.0 Å². The van der Waals surface area contributed by atoms with Crippen molar-refractivity contribution < 1.29 is 19.7 Å². The SMILES string of the molecule is COc1ccc(C(=O)[C@H](O)[C@@H](c2cccc(C)c2)c2cc(C(C)(C)C)c(O)c(C(C)(C)C)c2)cc1. The van der Waals surface area contributed by atoms with E-state index >= 15 is 0 Å². The average Bonchev–Trinajstić information content (AvgIpc) is 2.78. The third kappa shape index (κ3) is 5.76. The number of rotatable bonds is 6. The average molecular weight is 475 g/mol. The summed E-state index contributed by atoms with van der Waals surface area (Å²) >= 11 is 0. The summed E-state index contributed by atoms with van der Waals surface area (Å²) in [5.74, 6) is -0.0451. The van der Waals surface area contributed by atoms with Crippen LogP contribution in [-0.4, -0.2) is 29.2 Å². The number of benzene rings is 3. The van der Waals surface area contributed by atoms with E-state index in [-0.39, 0.29) is 22.4 Å². The minimum atomic E-state index is -1.31. The van der Waals surface area contributed by atoms with Crippen LogP contribution in [0.25, 0.3) is 0 Å². The van der Waals surface area contributed by atoms with Crippen molar-refractivity contribution in [3.63, 3.8) is 0 Å². The Balaban J connectivity index is 2.24. The molecule has 0 radical (unpaired) electrons. The van der Waals surface area contributed by atoms with Crippen molar-refractivity contribution in [2.45, 2.75) is 71.3 Å². The van der Waals surface area contributed by atoms with Crippen LogP contribution in [0, 0.1) is 6.92 Å². The van der Waals surface area contributed by atoms with Gasteiger partial charge in [0.15, 0.2) is 5.78 Å². The first-order valence-corrected chi connectivity index (χ1v) is 12.0. The van der Waals surface area contributed by atoms with Gasteiger partial charge in [0.05, 0.1) is 7.11 Å². The molecule has 35 heavy (non-hydrogen) atoms. The first-order valence-electron chi connectivity index (χ1n) is 12.0. The number of aliphatic hydroxyl groups excluding tert-OH is 1. The molecule has 0 fully saturated rings. The molecule has 4 heteroatoms.